The lowest BCUT2D eigenvalue weighted by Crippen LogP contribution is -2.49. The first-order valence-electron chi connectivity index (χ1n) is 8.63. The number of benzene rings is 1. The monoisotopic (exact) mass is 371 g/mol. The lowest BCUT2D eigenvalue weighted by Gasteiger charge is -2.35. The number of methoxy groups -OCH3 is 1. The summed E-state index contributed by atoms with van der Waals surface area (Å²) < 4.78 is 10.8. The molecule has 0 radical (unpaired) electrons. The molecule has 1 N–H and O–H groups in total. The molecule has 1 aliphatic rings. The summed E-state index contributed by atoms with van der Waals surface area (Å²) >= 11 is 1.37. The van der Waals surface area contributed by atoms with Crippen LogP contribution in [0, 0.1) is 0 Å². The average Bonchev–Trinajstić information content (AvgIpc) is 3.30. The molecule has 0 aliphatic carbocycles. The Labute approximate surface area is 155 Å². The number of rotatable bonds is 5. The number of nitrogens with zero attached hydrogens (tertiary/aromatic N) is 2. The molecule has 1 saturated heterocycles. The zero-order valence-electron chi connectivity index (χ0n) is 14.6. The van der Waals surface area contributed by atoms with Gasteiger partial charge in [-0.3, -0.25) is 4.79 Å². The molecule has 7 heteroatoms. The van der Waals surface area contributed by atoms with Crippen LogP contribution in [0.2, 0.25) is 0 Å². The first-order chi connectivity index (χ1) is 12.8. The number of nitrogens with one attached hydrogen (secondary N) is 1. The van der Waals surface area contributed by atoms with Crippen molar-refractivity contribution in [3.63, 3.8) is 0 Å². The van der Waals surface area contributed by atoms with E-state index in [9.17, 15) is 4.79 Å². The predicted molar refractivity (Wildman–Crippen MR) is 100 cm³/mol. The standard InChI is InChI=1S/C19H21N3O3S/c1-24-11-17-18(26-12-21-17)19(23)22-6-7-25-10-14(22)8-13-9-20-16-5-3-2-4-15(13)16/h2-5,9,12,14,20H,6-8,10-11H2,1H3. The minimum atomic E-state index is 0.00736. The number of H-pyrrole nitrogens is 1. The van der Waals surface area contributed by atoms with E-state index in [4.69, 9.17) is 9.47 Å². The molecule has 1 unspecified atom stereocenters. The SMILES string of the molecule is COCc1ncsc1C(=O)N1CCOCC1Cc1c[nH]c2ccccc12. The summed E-state index contributed by atoms with van der Waals surface area (Å²) in [5.74, 6) is 0.0210. The van der Waals surface area contributed by atoms with E-state index < -0.39 is 0 Å². The molecular formula is C19H21N3O3S. The van der Waals surface area contributed by atoms with Crippen LogP contribution in [0.3, 0.4) is 0 Å². The molecule has 1 amide bonds. The van der Waals surface area contributed by atoms with Gasteiger partial charge < -0.3 is 19.4 Å². The van der Waals surface area contributed by atoms with Gasteiger partial charge >= 0.3 is 0 Å². The Kier molecular flexibility index (Phi) is 5.01. The van der Waals surface area contributed by atoms with Gasteiger partial charge in [-0.15, -0.1) is 11.3 Å². The van der Waals surface area contributed by atoms with Gasteiger partial charge in [-0.2, -0.15) is 0 Å². The zero-order chi connectivity index (χ0) is 17.9. The van der Waals surface area contributed by atoms with Gasteiger partial charge in [-0.25, -0.2) is 4.98 Å². The second kappa shape index (κ2) is 7.57. The highest BCUT2D eigenvalue weighted by Gasteiger charge is 2.31. The third-order valence-corrected chi connectivity index (χ3v) is 5.59. The highest BCUT2D eigenvalue weighted by molar-refractivity contribution is 7.11. The third kappa shape index (κ3) is 3.25. The van der Waals surface area contributed by atoms with Crippen LogP contribution in [0.1, 0.15) is 20.9 Å². The Morgan fingerprint density at radius 1 is 1.46 bits per heavy atom. The fraction of sp³-hybridized carbons (Fsp3) is 0.368. The van der Waals surface area contributed by atoms with Crippen LogP contribution in [0.25, 0.3) is 10.9 Å². The molecule has 6 nitrogen and oxygen atoms in total. The minimum absolute atomic E-state index is 0.00736. The Bertz CT molecular complexity index is 904. The number of aromatic amines is 1. The first kappa shape index (κ1) is 17.2. The average molecular weight is 371 g/mol. The zero-order valence-corrected chi connectivity index (χ0v) is 15.4. The molecule has 3 aromatic rings. The fourth-order valence-electron chi connectivity index (χ4n) is 3.46. The van der Waals surface area contributed by atoms with Crippen molar-refractivity contribution in [2.24, 2.45) is 0 Å². The lowest BCUT2D eigenvalue weighted by atomic mass is 10.0. The van der Waals surface area contributed by atoms with Crippen molar-refractivity contribution < 1.29 is 14.3 Å². The molecule has 0 spiro atoms. The van der Waals surface area contributed by atoms with Crippen LogP contribution >= 0.6 is 11.3 Å². The maximum atomic E-state index is 13.1. The van der Waals surface area contributed by atoms with Gasteiger partial charge in [0.1, 0.15) is 4.88 Å². The van der Waals surface area contributed by atoms with Crippen molar-refractivity contribution in [1.29, 1.82) is 0 Å². The predicted octanol–water partition coefficient (Wildman–Crippen LogP) is 2.85. The number of para-hydroxylation sites is 1. The van der Waals surface area contributed by atoms with Crippen LogP contribution < -0.4 is 0 Å². The number of hydrogen-bond donors (Lipinski definition) is 1. The van der Waals surface area contributed by atoms with Crippen LogP contribution in [0.4, 0.5) is 0 Å². The van der Waals surface area contributed by atoms with Crippen LogP contribution in [-0.4, -0.2) is 53.7 Å². The first-order valence-corrected chi connectivity index (χ1v) is 9.51. The molecule has 136 valence electrons. The van der Waals surface area contributed by atoms with E-state index in [0.29, 0.717) is 36.9 Å². The van der Waals surface area contributed by atoms with Crippen molar-refractivity contribution in [3.8, 4) is 0 Å². The molecule has 0 saturated carbocycles. The van der Waals surface area contributed by atoms with Gasteiger partial charge in [0.05, 0.1) is 37.1 Å². The van der Waals surface area contributed by atoms with Crippen LogP contribution in [0.15, 0.2) is 36.0 Å². The number of fused-ring (bicyclic) bond motifs is 1. The summed E-state index contributed by atoms with van der Waals surface area (Å²) in [6.07, 6.45) is 2.79. The van der Waals surface area contributed by atoms with E-state index in [2.05, 4.69) is 22.1 Å². The number of ether oxygens (including phenoxy) is 2. The number of hydrogen-bond acceptors (Lipinski definition) is 5. The smallest absolute Gasteiger partial charge is 0.266 e. The molecule has 1 atom stereocenters. The summed E-state index contributed by atoms with van der Waals surface area (Å²) in [5, 5.41) is 1.20. The summed E-state index contributed by atoms with van der Waals surface area (Å²) in [7, 11) is 1.61. The molecule has 26 heavy (non-hydrogen) atoms. The molecule has 4 rings (SSSR count). The van der Waals surface area contributed by atoms with Gasteiger partial charge in [-0.1, -0.05) is 18.2 Å². The Morgan fingerprint density at radius 3 is 3.23 bits per heavy atom. The summed E-state index contributed by atoms with van der Waals surface area (Å²) in [6.45, 7) is 2.05. The number of amides is 1. The Morgan fingerprint density at radius 2 is 2.35 bits per heavy atom. The normalized spacial score (nSPS) is 17.7. The molecule has 1 aliphatic heterocycles. The summed E-state index contributed by atoms with van der Waals surface area (Å²) in [5.41, 5.74) is 4.73. The molecule has 0 bridgehead atoms. The maximum absolute atomic E-state index is 13.1. The Hall–Kier alpha value is -2.22. The highest BCUT2D eigenvalue weighted by Crippen LogP contribution is 2.24. The second-order valence-corrected chi connectivity index (χ2v) is 7.21. The van der Waals surface area contributed by atoms with Crippen LogP contribution in [-0.2, 0) is 22.5 Å². The van der Waals surface area contributed by atoms with Crippen molar-refractivity contribution >= 4 is 28.1 Å². The molecule has 2 aromatic heterocycles. The summed E-state index contributed by atoms with van der Waals surface area (Å²) in [4.78, 5) is 23.3. The molecular weight excluding hydrogens is 350 g/mol. The lowest BCUT2D eigenvalue weighted by molar-refractivity contribution is -0.00146. The number of carbonyl (C=O) groups is 1. The van der Waals surface area contributed by atoms with Gasteiger partial charge in [0, 0.05) is 30.8 Å². The third-order valence-electron chi connectivity index (χ3n) is 4.74. The van der Waals surface area contributed by atoms with E-state index in [0.717, 1.165) is 11.9 Å². The van der Waals surface area contributed by atoms with E-state index in [1.807, 2.05) is 23.2 Å². The highest BCUT2D eigenvalue weighted by atomic mass is 32.1. The van der Waals surface area contributed by atoms with E-state index >= 15 is 0 Å². The van der Waals surface area contributed by atoms with Gasteiger partial charge in [0.15, 0.2) is 0 Å². The van der Waals surface area contributed by atoms with Gasteiger partial charge in [0.25, 0.3) is 5.91 Å². The number of carbonyl (C=O) groups excluding carboxylic acids is 1. The Balaban J connectivity index is 1.58. The van der Waals surface area contributed by atoms with Crippen LogP contribution in [0.5, 0.6) is 0 Å². The number of thiazole rings is 1. The van der Waals surface area contributed by atoms with Crippen molar-refractivity contribution in [3.05, 3.63) is 52.1 Å². The van der Waals surface area contributed by atoms with Crippen molar-refractivity contribution in [2.75, 3.05) is 26.9 Å². The topological polar surface area (TPSA) is 67.4 Å². The minimum Gasteiger partial charge on any atom is -0.378 e. The number of aromatic nitrogens is 2. The summed E-state index contributed by atoms with van der Waals surface area (Å²) in [6, 6.07) is 8.23. The number of morpholine rings is 1. The molecule has 1 fully saturated rings. The van der Waals surface area contributed by atoms with Crippen molar-refractivity contribution in [2.45, 2.75) is 19.1 Å². The van der Waals surface area contributed by atoms with E-state index in [-0.39, 0.29) is 11.9 Å². The van der Waals surface area contributed by atoms with E-state index in [1.54, 1.807) is 12.6 Å². The van der Waals surface area contributed by atoms with Gasteiger partial charge in [0.2, 0.25) is 0 Å². The fourth-order valence-corrected chi connectivity index (χ4v) is 4.21. The van der Waals surface area contributed by atoms with Crippen molar-refractivity contribution in [1.82, 2.24) is 14.9 Å². The molecule has 3 heterocycles. The van der Waals surface area contributed by atoms with Gasteiger partial charge in [-0.05, 0) is 18.1 Å². The largest absolute Gasteiger partial charge is 0.378 e. The van der Waals surface area contributed by atoms with E-state index in [1.165, 1.54) is 22.3 Å². The quantitative estimate of drug-likeness (QED) is 0.749. The second-order valence-electron chi connectivity index (χ2n) is 6.35. The maximum Gasteiger partial charge on any atom is 0.266 e. The molecule has 1 aromatic carbocycles.